The first-order valence-corrected chi connectivity index (χ1v) is 10.6. The van der Waals surface area contributed by atoms with E-state index in [0.29, 0.717) is 52.7 Å². The van der Waals surface area contributed by atoms with E-state index in [1.807, 2.05) is 54.0 Å². The lowest BCUT2D eigenvalue weighted by Gasteiger charge is -2.09. The number of halogens is 1. The highest BCUT2D eigenvalue weighted by Gasteiger charge is 2.21. The lowest BCUT2D eigenvalue weighted by Crippen LogP contribution is -2.21. The molecule has 8 heteroatoms. The van der Waals surface area contributed by atoms with E-state index in [9.17, 15) is 4.79 Å². The fraction of sp³-hybridized carbons (Fsp3) is 0.217. The molecule has 156 valence electrons. The summed E-state index contributed by atoms with van der Waals surface area (Å²) in [5.74, 6) is 0. The Balaban J connectivity index is 1.82. The molecule has 7 nitrogen and oxygen atoms in total. The third-order valence-electron chi connectivity index (χ3n) is 5.22. The standard InChI is InChI=1S/C23H20ClN5O2/c1-2-31-13-7-12-28-14-25-21-19(23(28)30)20-22(27-17-10-5-4-9-16(17)26-20)29(21)18-11-6-3-8-15(18)24/h3-6,8-11,14H,2,7,12-13H2,1H3. The molecule has 0 aliphatic carbocycles. The zero-order valence-corrected chi connectivity index (χ0v) is 17.7. The Morgan fingerprint density at radius 1 is 1.00 bits per heavy atom. The van der Waals surface area contributed by atoms with Crippen LogP contribution in [0.3, 0.4) is 0 Å². The van der Waals surface area contributed by atoms with E-state index in [1.54, 1.807) is 17.0 Å². The number of nitrogens with zero attached hydrogens (tertiary/aromatic N) is 5. The minimum Gasteiger partial charge on any atom is -0.382 e. The summed E-state index contributed by atoms with van der Waals surface area (Å²) >= 11 is 6.51. The van der Waals surface area contributed by atoms with Crippen molar-refractivity contribution in [3.8, 4) is 5.69 Å². The quantitative estimate of drug-likeness (QED) is 0.372. The number of fused-ring (bicyclic) bond motifs is 4. The normalized spacial score (nSPS) is 11.7. The monoisotopic (exact) mass is 433 g/mol. The van der Waals surface area contributed by atoms with E-state index in [1.165, 1.54) is 0 Å². The Morgan fingerprint density at radius 2 is 1.74 bits per heavy atom. The van der Waals surface area contributed by atoms with Crippen molar-refractivity contribution in [2.75, 3.05) is 13.2 Å². The van der Waals surface area contributed by atoms with Crippen LogP contribution in [0, 0.1) is 0 Å². The average molecular weight is 434 g/mol. The summed E-state index contributed by atoms with van der Waals surface area (Å²) in [6.07, 6.45) is 2.29. The molecule has 0 aliphatic rings. The first-order chi connectivity index (χ1) is 15.2. The average Bonchev–Trinajstić information content (AvgIpc) is 3.10. The van der Waals surface area contributed by atoms with Crippen molar-refractivity contribution < 1.29 is 4.74 Å². The molecule has 3 aromatic heterocycles. The maximum atomic E-state index is 13.4. The van der Waals surface area contributed by atoms with Gasteiger partial charge in [0.25, 0.3) is 5.56 Å². The van der Waals surface area contributed by atoms with Gasteiger partial charge in [-0.15, -0.1) is 0 Å². The molecule has 0 saturated carbocycles. The van der Waals surface area contributed by atoms with E-state index in [4.69, 9.17) is 26.3 Å². The number of rotatable bonds is 6. The number of ether oxygens (including phenoxy) is 1. The lowest BCUT2D eigenvalue weighted by atomic mass is 10.3. The maximum Gasteiger partial charge on any atom is 0.265 e. The van der Waals surface area contributed by atoms with Crippen LogP contribution in [0.5, 0.6) is 0 Å². The molecule has 0 aliphatic heterocycles. The first kappa shape index (κ1) is 19.7. The van der Waals surface area contributed by atoms with Crippen molar-refractivity contribution in [2.24, 2.45) is 0 Å². The van der Waals surface area contributed by atoms with Gasteiger partial charge < -0.3 is 4.74 Å². The van der Waals surface area contributed by atoms with Crippen molar-refractivity contribution in [1.29, 1.82) is 0 Å². The van der Waals surface area contributed by atoms with Gasteiger partial charge in [-0.1, -0.05) is 35.9 Å². The summed E-state index contributed by atoms with van der Waals surface area (Å²) in [7, 11) is 0. The maximum absolute atomic E-state index is 13.4. The van der Waals surface area contributed by atoms with Gasteiger partial charge in [0.15, 0.2) is 11.3 Å². The van der Waals surface area contributed by atoms with E-state index < -0.39 is 0 Å². The SMILES string of the molecule is CCOCCCn1cnc2c(c1=O)c1nc3ccccc3nc1n2-c1ccccc1Cl. The van der Waals surface area contributed by atoms with Gasteiger partial charge in [0.1, 0.15) is 10.9 Å². The van der Waals surface area contributed by atoms with Crippen molar-refractivity contribution in [1.82, 2.24) is 24.1 Å². The Hall–Kier alpha value is -3.29. The number of aryl methyl sites for hydroxylation is 1. The van der Waals surface area contributed by atoms with Crippen LogP contribution in [-0.2, 0) is 11.3 Å². The number of benzene rings is 2. The summed E-state index contributed by atoms with van der Waals surface area (Å²) in [6.45, 7) is 3.71. The first-order valence-electron chi connectivity index (χ1n) is 10.2. The van der Waals surface area contributed by atoms with Gasteiger partial charge in [-0.25, -0.2) is 15.0 Å². The van der Waals surface area contributed by atoms with Gasteiger partial charge >= 0.3 is 0 Å². The van der Waals surface area contributed by atoms with E-state index >= 15 is 0 Å². The summed E-state index contributed by atoms with van der Waals surface area (Å²) in [5, 5.41) is 0.978. The van der Waals surface area contributed by atoms with Crippen LogP contribution in [0.15, 0.2) is 59.7 Å². The second-order valence-corrected chi connectivity index (χ2v) is 7.57. The highest BCUT2D eigenvalue weighted by Crippen LogP contribution is 2.31. The van der Waals surface area contributed by atoms with E-state index in [0.717, 1.165) is 17.5 Å². The van der Waals surface area contributed by atoms with Gasteiger partial charge in [-0.3, -0.25) is 13.9 Å². The fourth-order valence-corrected chi connectivity index (χ4v) is 3.99. The lowest BCUT2D eigenvalue weighted by molar-refractivity contribution is 0.141. The molecule has 2 aromatic carbocycles. The second kappa shape index (κ2) is 8.09. The van der Waals surface area contributed by atoms with Crippen molar-refractivity contribution >= 4 is 44.8 Å². The van der Waals surface area contributed by atoms with Crippen LogP contribution in [0.4, 0.5) is 0 Å². The molecule has 0 bridgehead atoms. The van der Waals surface area contributed by atoms with Crippen molar-refractivity contribution in [2.45, 2.75) is 19.9 Å². The molecule has 0 atom stereocenters. The van der Waals surface area contributed by atoms with Crippen LogP contribution >= 0.6 is 11.6 Å². The van der Waals surface area contributed by atoms with Crippen LogP contribution in [-0.4, -0.2) is 37.3 Å². The van der Waals surface area contributed by atoms with Gasteiger partial charge in [-0.05, 0) is 37.6 Å². The van der Waals surface area contributed by atoms with Crippen molar-refractivity contribution in [3.63, 3.8) is 0 Å². The summed E-state index contributed by atoms with van der Waals surface area (Å²) in [6, 6.07) is 15.0. The van der Waals surface area contributed by atoms with Gasteiger partial charge in [0, 0.05) is 19.8 Å². The van der Waals surface area contributed by atoms with Gasteiger partial charge in [0.05, 0.1) is 28.1 Å². The fourth-order valence-electron chi connectivity index (χ4n) is 3.77. The minimum absolute atomic E-state index is 0.151. The molecule has 0 N–H and O–H groups in total. The van der Waals surface area contributed by atoms with E-state index in [2.05, 4.69) is 4.98 Å². The Labute approximate surface area is 182 Å². The summed E-state index contributed by atoms with van der Waals surface area (Å²) in [4.78, 5) is 27.7. The molecule has 0 fully saturated rings. The van der Waals surface area contributed by atoms with Crippen LogP contribution < -0.4 is 5.56 Å². The predicted octanol–water partition coefficient (Wildman–Crippen LogP) is 4.36. The number of hydrogen-bond acceptors (Lipinski definition) is 5. The summed E-state index contributed by atoms with van der Waals surface area (Å²) in [5.41, 5.74) is 3.58. The zero-order chi connectivity index (χ0) is 21.4. The molecule has 0 saturated heterocycles. The van der Waals surface area contributed by atoms with Crippen molar-refractivity contribution in [3.05, 3.63) is 70.2 Å². The topological polar surface area (TPSA) is 74.8 Å². The Morgan fingerprint density at radius 3 is 2.52 bits per heavy atom. The summed E-state index contributed by atoms with van der Waals surface area (Å²) < 4.78 is 8.82. The largest absolute Gasteiger partial charge is 0.382 e. The molecule has 5 rings (SSSR count). The van der Waals surface area contributed by atoms with Gasteiger partial charge in [-0.2, -0.15) is 0 Å². The molecule has 0 radical (unpaired) electrons. The molecule has 0 unspecified atom stereocenters. The Kier molecular flexibility index (Phi) is 5.13. The number of aromatic nitrogens is 5. The highest BCUT2D eigenvalue weighted by atomic mass is 35.5. The molecule has 3 heterocycles. The van der Waals surface area contributed by atoms with E-state index in [-0.39, 0.29) is 5.56 Å². The van der Waals surface area contributed by atoms with Crippen LogP contribution in [0.1, 0.15) is 13.3 Å². The predicted molar refractivity (Wildman–Crippen MR) is 122 cm³/mol. The van der Waals surface area contributed by atoms with Crippen LogP contribution in [0.25, 0.3) is 38.9 Å². The molecule has 0 amide bonds. The molecular formula is C23H20ClN5O2. The Bertz CT molecular complexity index is 1470. The zero-order valence-electron chi connectivity index (χ0n) is 17.0. The number of para-hydroxylation sites is 3. The molecular weight excluding hydrogens is 414 g/mol. The molecule has 0 spiro atoms. The molecule has 31 heavy (non-hydrogen) atoms. The van der Waals surface area contributed by atoms with Gasteiger partial charge in [0.2, 0.25) is 0 Å². The third-order valence-corrected chi connectivity index (χ3v) is 5.54. The highest BCUT2D eigenvalue weighted by molar-refractivity contribution is 6.32. The second-order valence-electron chi connectivity index (χ2n) is 7.16. The smallest absolute Gasteiger partial charge is 0.265 e. The number of hydrogen-bond donors (Lipinski definition) is 0. The van der Waals surface area contributed by atoms with Crippen LogP contribution in [0.2, 0.25) is 5.02 Å². The third kappa shape index (κ3) is 3.36. The molecule has 5 aromatic rings. The minimum atomic E-state index is -0.151.